The largest absolute Gasteiger partial charge is 0.487 e. The van der Waals surface area contributed by atoms with Gasteiger partial charge in [-0.25, -0.2) is 0 Å². The topological polar surface area (TPSA) is 47.6 Å². The molecule has 2 heterocycles. The highest BCUT2D eigenvalue weighted by atomic mass is 32.2. The zero-order valence-electron chi connectivity index (χ0n) is 11.6. The van der Waals surface area contributed by atoms with Crippen molar-refractivity contribution in [3.8, 4) is 5.75 Å². The number of thioether (sulfide) groups is 1. The highest BCUT2D eigenvalue weighted by molar-refractivity contribution is 8.02. The van der Waals surface area contributed by atoms with Crippen LogP contribution in [-0.4, -0.2) is 23.9 Å². The first-order valence-electron chi connectivity index (χ1n) is 6.62. The van der Waals surface area contributed by atoms with Crippen molar-refractivity contribution < 1.29 is 14.3 Å². The summed E-state index contributed by atoms with van der Waals surface area (Å²) in [6, 6.07) is 5.82. The van der Waals surface area contributed by atoms with Crippen LogP contribution in [0.5, 0.6) is 5.75 Å². The summed E-state index contributed by atoms with van der Waals surface area (Å²) in [6.07, 6.45) is 0.848. The molecule has 2 aliphatic heterocycles. The van der Waals surface area contributed by atoms with Crippen LogP contribution in [0.4, 0.5) is 5.69 Å². The number of hydrogen-bond acceptors (Lipinski definition) is 4. The van der Waals surface area contributed by atoms with Crippen LogP contribution in [0.3, 0.4) is 0 Å². The molecule has 5 heteroatoms. The zero-order valence-corrected chi connectivity index (χ0v) is 12.4. The van der Waals surface area contributed by atoms with Crippen molar-refractivity contribution >= 4 is 23.4 Å². The molecule has 0 saturated heterocycles. The Morgan fingerprint density at radius 2 is 2.25 bits per heavy atom. The van der Waals surface area contributed by atoms with Gasteiger partial charge in [-0.05, 0) is 19.9 Å². The van der Waals surface area contributed by atoms with Crippen molar-refractivity contribution in [3.63, 3.8) is 0 Å². The molecule has 0 fully saturated rings. The van der Waals surface area contributed by atoms with Gasteiger partial charge in [0.1, 0.15) is 11.4 Å². The van der Waals surface area contributed by atoms with Crippen molar-refractivity contribution in [3.05, 3.63) is 34.9 Å². The maximum Gasteiger partial charge on any atom is 0.291 e. The van der Waals surface area contributed by atoms with Crippen LogP contribution in [0, 0.1) is 0 Å². The maximum absolute atomic E-state index is 12.2. The van der Waals surface area contributed by atoms with Gasteiger partial charge in [0.25, 0.3) is 5.91 Å². The molecule has 1 N–H and O–H groups in total. The first kappa shape index (κ1) is 13.4. The van der Waals surface area contributed by atoms with Gasteiger partial charge in [-0.1, -0.05) is 12.1 Å². The molecule has 106 valence electrons. The van der Waals surface area contributed by atoms with Crippen molar-refractivity contribution in [1.29, 1.82) is 0 Å². The van der Waals surface area contributed by atoms with Gasteiger partial charge in [0, 0.05) is 23.1 Å². The number of carbonyl (C=O) groups is 1. The first-order valence-corrected chi connectivity index (χ1v) is 7.67. The molecule has 1 aromatic carbocycles. The van der Waals surface area contributed by atoms with Crippen LogP contribution < -0.4 is 10.1 Å². The highest BCUT2D eigenvalue weighted by Gasteiger charge is 2.32. The smallest absolute Gasteiger partial charge is 0.291 e. The lowest BCUT2D eigenvalue weighted by molar-refractivity contribution is -0.116. The Balaban J connectivity index is 1.81. The van der Waals surface area contributed by atoms with Crippen molar-refractivity contribution in [2.45, 2.75) is 25.9 Å². The summed E-state index contributed by atoms with van der Waals surface area (Å²) in [5.41, 5.74) is 1.61. The molecule has 0 bridgehead atoms. The number of nitrogens with one attached hydrogen (secondary N) is 1. The normalized spacial score (nSPS) is 19.4. The lowest BCUT2D eigenvalue weighted by Crippen LogP contribution is -2.25. The van der Waals surface area contributed by atoms with Crippen LogP contribution in [0.2, 0.25) is 0 Å². The molecular weight excluding hydrogens is 274 g/mol. The monoisotopic (exact) mass is 291 g/mol. The van der Waals surface area contributed by atoms with Gasteiger partial charge in [-0.15, -0.1) is 11.8 Å². The average molecular weight is 291 g/mol. The van der Waals surface area contributed by atoms with Crippen LogP contribution in [0.1, 0.15) is 19.4 Å². The number of para-hydroxylation sites is 1. The number of hydrogen-bond donors (Lipinski definition) is 1. The molecule has 0 radical (unpaired) electrons. The Bertz CT molecular complexity index is 580. The molecule has 0 spiro atoms. The predicted molar refractivity (Wildman–Crippen MR) is 80.0 cm³/mol. The fraction of sp³-hybridized carbons (Fsp3) is 0.400. The molecule has 3 rings (SSSR count). The van der Waals surface area contributed by atoms with Crippen molar-refractivity contribution in [2.75, 3.05) is 17.7 Å². The van der Waals surface area contributed by atoms with E-state index in [2.05, 4.69) is 5.32 Å². The van der Waals surface area contributed by atoms with E-state index < -0.39 is 0 Å². The average Bonchev–Trinajstić information content (AvgIpc) is 2.75. The Morgan fingerprint density at radius 3 is 3.00 bits per heavy atom. The van der Waals surface area contributed by atoms with E-state index in [1.54, 1.807) is 17.2 Å². The van der Waals surface area contributed by atoms with Crippen molar-refractivity contribution in [1.82, 2.24) is 0 Å². The zero-order chi connectivity index (χ0) is 14.2. The Morgan fingerprint density at radius 1 is 1.40 bits per heavy atom. The van der Waals surface area contributed by atoms with Gasteiger partial charge in [0.2, 0.25) is 0 Å². The second-order valence-corrected chi connectivity index (χ2v) is 6.47. The Hall–Kier alpha value is -1.62. The van der Waals surface area contributed by atoms with Gasteiger partial charge in [0.05, 0.1) is 12.3 Å². The van der Waals surface area contributed by atoms with E-state index in [-0.39, 0.29) is 11.5 Å². The number of ether oxygens (including phenoxy) is 2. The minimum Gasteiger partial charge on any atom is -0.487 e. The SMILES string of the molecule is CC1(C)Cc2cccc(NC(=O)C3=CSCCO3)c2O1. The number of benzene rings is 1. The Kier molecular flexibility index (Phi) is 3.38. The summed E-state index contributed by atoms with van der Waals surface area (Å²) in [6.45, 7) is 4.66. The van der Waals surface area contributed by atoms with E-state index in [4.69, 9.17) is 9.47 Å². The van der Waals surface area contributed by atoms with E-state index in [9.17, 15) is 4.79 Å². The lowest BCUT2D eigenvalue weighted by Gasteiger charge is -2.19. The fourth-order valence-electron chi connectivity index (χ4n) is 2.39. The van der Waals surface area contributed by atoms with Gasteiger partial charge >= 0.3 is 0 Å². The van der Waals surface area contributed by atoms with E-state index >= 15 is 0 Å². The van der Waals surface area contributed by atoms with Crippen LogP contribution in [-0.2, 0) is 16.0 Å². The summed E-state index contributed by atoms with van der Waals surface area (Å²) in [4.78, 5) is 12.2. The summed E-state index contributed by atoms with van der Waals surface area (Å²) >= 11 is 1.59. The van der Waals surface area contributed by atoms with Crippen LogP contribution in [0.15, 0.2) is 29.4 Å². The minimum absolute atomic E-state index is 0.223. The number of amides is 1. The summed E-state index contributed by atoms with van der Waals surface area (Å²) in [5, 5.41) is 4.64. The number of carbonyl (C=O) groups excluding carboxylic acids is 1. The molecule has 0 unspecified atom stereocenters. The van der Waals surface area contributed by atoms with Gasteiger partial charge in [-0.2, -0.15) is 0 Å². The molecule has 0 saturated carbocycles. The molecule has 1 amide bonds. The molecule has 0 atom stereocenters. The molecule has 2 aliphatic rings. The van der Waals surface area contributed by atoms with Crippen molar-refractivity contribution in [2.24, 2.45) is 0 Å². The summed E-state index contributed by atoms with van der Waals surface area (Å²) in [7, 11) is 0. The maximum atomic E-state index is 12.2. The fourth-order valence-corrected chi connectivity index (χ4v) is 3.01. The van der Waals surface area contributed by atoms with E-state index in [1.165, 1.54) is 0 Å². The molecule has 0 aromatic heterocycles. The standard InChI is InChI=1S/C15H17NO3S/c1-15(2)8-10-4-3-5-11(13(10)19-15)16-14(17)12-9-20-7-6-18-12/h3-5,9H,6-8H2,1-2H3,(H,16,17). The van der Waals surface area contributed by atoms with E-state index in [0.717, 1.165) is 23.5 Å². The Labute approximate surface area is 122 Å². The first-order chi connectivity index (χ1) is 9.55. The predicted octanol–water partition coefficient (Wildman–Crippen LogP) is 2.94. The third kappa shape index (κ3) is 2.63. The minimum atomic E-state index is -0.223. The molecule has 1 aromatic rings. The quantitative estimate of drug-likeness (QED) is 0.910. The van der Waals surface area contributed by atoms with Gasteiger partial charge in [-0.3, -0.25) is 4.79 Å². The summed E-state index contributed by atoms with van der Waals surface area (Å²) < 4.78 is 11.3. The summed E-state index contributed by atoms with van der Waals surface area (Å²) in [5.74, 6) is 1.80. The molecule has 20 heavy (non-hydrogen) atoms. The lowest BCUT2D eigenvalue weighted by atomic mass is 10.0. The van der Waals surface area contributed by atoms with E-state index in [0.29, 0.717) is 18.1 Å². The molecule has 0 aliphatic carbocycles. The second kappa shape index (κ2) is 5.05. The van der Waals surface area contributed by atoms with E-state index in [1.807, 2.05) is 32.0 Å². The second-order valence-electron chi connectivity index (χ2n) is 5.49. The third-order valence-electron chi connectivity index (χ3n) is 3.21. The number of fused-ring (bicyclic) bond motifs is 1. The van der Waals surface area contributed by atoms with Gasteiger partial charge < -0.3 is 14.8 Å². The van der Waals surface area contributed by atoms with Crippen LogP contribution >= 0.6 is 11.8 Å². The molecular formula is C15H17NO3S. The number of rotatable bonds is 2. The van der Waals surface area contributed by atoms with Gasteiger partial charge in [0.15, 0.2) is 5.76 Å². The highest BCUT2D eigenvalue weighted by Crippen LogP contribution is 2.40. The third-order valence-corrected chi connectivity index (χ3v) is 4.00. The number of anilines is 1. The molecule has 4 nitrogen and oxygen atoms in total. The van der Waals surface area contributed by atoms with Crippen LogP contribution in [0.25, 0.3) is 0 Å².